The normalized spacial score (nSPS) is 28.7. The molecule has 4 atom stereocenters. The Morgan fingerprint density at radius 2 is 1.77 bits per heavy atom. The minimum atomic E-state index is -0.655. The smallest absolute Gasteiger partial charge is 0.303 e. The highest BCUT2D eigenvalue weighted by Gasteiger charge is 2.65. The van der Waals surface area contributed by atoms with Gasteiger partial charge in [0.25, 0.3) is 5.91 Å². The molecule has 0 aromatic heterocycles. The molecule has 3 aromatic rings. The van der Waals surface area contributed by atoms with Gasteiger partial charge in [0.15, 0.2) is 5.60 Å². The molecule has 6 heteroatoms. The van der Waals surface area contributed by atoms with Crippen LogP contribution in [0.3, 0.4) is 0 Å². The van der Waals surface area contributed by atoms with Gasteiger partial charge in [-0.3, -0.25) is 9.59 Å². The van der Waals surface area contributed by atoms with Crippen LogP contribution in [-0.4, -0.2) is 61.3 Å². The molecule has 1 aliphatic heterocycles. The highest BCUT2D eigenvalue weighted by molar-refractivity contribution is 5.98. The van der Waals surface area contributed by atoms with Crippen LogP contribution in [0.2, 0.25) is 0 Å². The summed E-state index contributed by atoms with van der Waals surface area (Å²) in [7, 11) is 1.70. The number of amides is 1. The fraction of sp³-hybridized carbons (Fsp3) is 0.514. The van der Waals surface area contributed by atoms with Crippen LogP contribution >= 0.6 is 0 Å². The van der Waals surface area contributed by atoms with Crippen molar-refractivity contribution in [3.05, 3.63) is 77.9 Å². The summed E-state index contributed by atoms with van der Waals surface area (Å²) >= 11 is 0. The Balaban J connectivity index is 1.37. The number of likely N-dealkylation sites (tertiary alicyclic amines) is 1. The van der Waals surface area contributed by atoms with Gasteiger partial charge in [0.2, 0.25) is 0 Å². The van der Waals surface area contributed by atoms with Gasteiger partial charge in [-0.25, -0.2) is 0 Å². The van der Waals surface area contributed by atoms with E-state index in [4.69, 9.17) is 9.47 Å². The van der Waals surface area contributed by atoms with Crippen LogP contribution in [0.1, 0.15) is 75.2 Å². The van der Waals surface area contributed by atoms with Crippen LogP contribution in [0, 0.1) is 11.8 Å². The van der Waals surface area contributed by atoms with E-state index < -0.39 is 11.0 Å². The van der Waals surface area contributed by atoms with E-state index >= 15 is 0 Å². The average molecular weight is 584 g/mol. The van der Waals surface area contributed by atoms with Crippen molar-refractivity contribution in [1.82, 2.24) is 5.32 Å². The van der Waals surface area contributed by atoms with E-state index in [0.29, 0.717) is 11.5 Å². The molecule has 1 N–H and O–H groups in total. The van der Waals surface area contributed by atoms with Gasteiger partial charge in [-0.2, -0.15) is 0 Å². The molecule has 0 spiro atoms. The Kier molecular flexibility index (Phi) is 8.01. The highest BCUT2D eigenvalue weighted by Crippen LogP contribution is 2.56. The number of benzene rings is 3. The van der Waals surface area contributed by atoms with Crippen LogP contribution in [0.4, 0.5) is 0 Å². The second kappa shape index (κ2) is 11.6. The monoisotopic (exact) mass is 583 g/mol. The topological polar surface area (TPSA) is 64.6 Å². The van der Waals surface area contributed by atoms with E-state index in [0.717, 1.165) is 84.3 Å². The number of fused-ring (bicyclic) bond motifs is 2. The van der Waals surface area contributed by atoms with E-state index in [-0.39, 0.29) is 17.9 Å². The average Bonchev–Trinajstić information content (AvgIpc) is 3.80. The molecule has 3 aromatic carbocycles. The van der Waals surface area contributed by atoms with Crippen molar-refractivity contribution >= 4 is 22.6 Å². The molecule has 1 saturated heterocycles. The third-order valence-electron chi connectivity index (χ3n) is 10.4. The Morgan fingerprint density at radius 1 is 0.977 bits per heavy atom. The lowest BCUT2D eigenvalue weighted by molar-refractivity contribution is -0.945. The second-order valence-electron chi connectivity index (χ2n) is 14.1. The summed E-state index contributed by atoms with van der Waals surface area (Å²) in [6, 6.07) is 22.3. The number of methoxy groups -OCH3 is 1. The third-order valence-corrected chi connectivity index (χ3v) is 10.4. The van der Waals surface area contributed by atoms with Crippen LogP contribution in [0.25, 0.3) is 10.8 Å². The number of carbonyl (C=O) groups is 2. The molecule has 1 heterocycles. The first kappa shape index (κ1) is 29.7. The van der Waals surface area contributed by atoms with Gasteiger partial charge in [0, 0.05) is 42.2 Å². The summed E-state index contributed by atoms with van der Waals surface area (Å²) < 4.78 is 13.3. The van der Waals surface area contributed by atoms with Crippen LogP contribution in [0.15, 0.2) is 66.7 Å². The fourth-order valence-electron chi connectivity index (χ4n) is 8.60. The van der Waals surface area contributed by atoms with E-state index in [9.17, 15) is 9.59 Å². The Morgan fingerprint density at radius 3 is 2.49 bits per heavy atom. The number of carbonyl (C=O) groups excluding carboxylic acids is 2. The quantitative estimate of drug-likeness (QED) is 0.226. The summed E-state index contributed by atoms with van der Waals surface area (Å²) in [5.74, 6) is 1.86. The summed E-state index contributed by atoms with van der Waals surface area (Å²) in [6.45, 7) is 10.3. The standard InChI is InChI=1S/C37H46N2O4/c1-26(2)23-39(24-28-12-13-28)19-18-36(32-10-7-11-34(21-32)42-4)22-33(16-17-37(36,25-39)43-27(3)40)38-35(41)31-15-14-29-8-5-6-9-30(29)20-31/h5-11,14-15,20-21,26,28,33H,12-13,16-19,22-25H2,1-4H3/p+1/t33-,36+,37?,39-/m0/s1. The zero-order valence-corrected chi connectivity index (χ0v) is 26.2. The van der Waals surface area contributed by atoms with Gasteiger partial charge in [0.1, 0.15) is 12.3 Å². The molecule has 0 bridgehead atoms. The van der Waals surface area contributed by atoms with Crippen molar-refractivity contribution in [3.63, 3.8) is 0 Å². The first-order valence-electron chi connectivity index (χ1n) is 16.1. The Labute approximate surface area is 256 Å². The number of hydrogen-bond acceptors (Lipinski definition) is 4. The molecular weight excluding hydrogens is 536 g/mol. The SMILES string of the molecule is COc1cccc([C@]23CC[N@+](CC(C)C)(CC4CC4)CC2(OC(C)=O)CC[C@H](NC(=O)c2ccc4ccccc4c2)C3)c1. The molecule has 228 valence electrons. The molecule has 2 saturated carbocycles. The van der Waals surface area contributed by atoms with Crippen LogP contribution in [0.5, 0.6) is 5.75 Å². The van der Waals surface area contributed by atoms with Crippen molar-refractivity contribution in [3.8, 4) is 5.75 Å². The largest absolute Gasteiger partial charge is 0.497 e. The molecule has 6 nitrogen and oxygen atoms in total. The fourth-order valence-corrected chi connectivity index (χ4v) is 8.60. The van der Waals surface area contributed by atoms with Crippen molar-refractivity contribution in [2.75, 3.05) is 33.3 Å². The van der Waals surface area contributed by atoms with Gasteiger partial charge < -0.3 is 19.3 Å². The molecule has 1 unspecified atom stereocenters. The number of nitrogens with one attached hydrogen (secondary N) is 1. The summed E-state index contributed by atoms with van der Waals surface area (Å²) in [4.78, 5) is 26.6. The van der Waals surface area contributed by atoms with Gasteiger partial charge >= 0.3 is 5.97 Å². The predicted molar refractivity (Wildman–Crippen MR) is 170 cm³/mol. The second-order valence-corrected chi connectivity index (χ2v) is 14.1. The minimum absolute atomic E-state index is 0.0395. The van der Waals surface area contributed by atoms with Crippen molar-refractivity contribution in [2.24, 2.45) is 11.8 Å². The van der Waals surface area contributed by atoms with Crippen LogP contribution in [-0.2, 0) is 14.9 Å². The lowest BCUT2D eigenvalue weighted by atomic mass is 9.54. The van der Waals surface area contributed by atoms with E-state index in [1.165, 1.54) is 12.8 Å². The number of quaternary nitrogens is 1. The van der Waals surface area contributed by atoms with Crippen molar-refractivity contribution in [1.29, 1.82) is 0 Å². The first-order valence-corrected chi connectivity index (χ1v) is 16.1. The number of nitrogens with zero attached hydrogens (tertiary/aromatic N) is 1. The lowest BCUT2D eigenvalue weighted by Crippen LogP contribution is -2.74. The van der Waals surface area contributed by atoms with Gasteiger partial charge in [-0.15, -0.1) is 0 Å². The van der Waals surface area contributed by atoms with E-state index in [2.05, 4.69) is 37.4 Å². The summed E-state index contributed by atoms with van der Waals surface area (Å²) in [5.41, 5.74) is 0.727. The van der Waals surface area contributed by atoms with E-state index in [1.807, 2.05) is 48.5 Å². The van der Waals surface area contributed by atoms with Gasteiger partial charge in [0.05, 0.1) is 26.7 Å². The molecule has 43 heavy (non-hydrogen) atoms. The molecule has 0 radical (unpaired) electrons. The van der Waals surface area contributed by atoms with Crippen LogP contribution < -0.4 is 10.1 Å². The van der Waals surface area contributed by atoms with Crippen molar-refractivity contribution in [2.45, 2.75) is 76.4 Å². The molecule has 3 fully saturated rings. The number of piperidine rings is 1. The first-order chi connectivity index (χ1) is 20.6. The highest BCUT2D eigenvalue weighted by atomic mass is 16.6. The summed E-state index contributed by atoms with van der Waals surface area (Å²) in [6.07, 6.45) is 5.72. The number of esters is 1. The third kappa shape index (κ3) is 5.91. The molecule has 3 aliphatic rings. The van der Waals surface area contributed by atoms with E-state index in [1.54, 1.807) is 14.0 Å². The van der Waals surface area contributed by atoms with Crippen molar-refractivity contribution < 1.29 is 23.5 Å². The lowest BCUT2D eigenvalue weighted by Gasteiger charge is -2.62. The maximum atomic E-state index is 13.6. The van der Waals surface area contributed by atoms with Gasteiger partial charge in [-0.1, -0.05) is 56.3 Å². The minimum Gasteiger partial charge on any atom is -0.497 e. The maximum absolute atomic E-state index is 13.6. The van der Waals surface area contributed by atoms with Gasteiger partial charge in [-0.05, 0) is 72.7 Å². The number of ether oxygens (including phenoxy) is 2. The zero-order valence-electron chi connectivity index (χ0n) is 26.2. The predicted octanol–water partition coefficient (Wildman–Crippen LogP) is 6.66. The molecule has 6 rings (SSSR count). The zero-order chi connectivity index (χ0) is 30.2. The molecule has 2 aliphatic carbocycles. The Bertz CT molecular complexity index is 1490. The maximum Gasteiger partial charge on any atom is 0.303 e. The number of hydrogen-bond donors (Lipinski definition) is 1. The summed E-state index contributed by atoms with van der Waals surface area (Å²) in [5, 5.41) is 5.59. The number of rotatable bonds is 9. The molecular formula is C37H47N2O4+. The molecule has 1 amide bonds. The Hall–Kier alpha value is -3.38.